The number of hydrogen-bond donors (Lipinski definition) is 1. The van der Waals surface area contributed by atoms with Crippen molar-refractivity contribution in [2.24, 2.45) is 0 Å². The molecule has 0 radical (unpaired) electrons. The molecule has 0 spiro atoms. The maximum Gasteiger partial charge on any atom is 0.252 e. The van der Waals surface area contributed by atoms with Gasteiger partial charge in [-0.1, -0.05) is 42.6 Å². The molecule has 1 aliphatic heterocycles. The third kappa shape index (κ3) is 5.44. The molecule has 5 nitrogen and oxygen atoms in total. The van der Waals surface area contributed by atoms with Crippen LogP contribution in [-0.4, -0.2) is 31.7 Å². The zero-order chi connectivity index (χ0) is 20.0. The van der Waals surface area contributed by atoms with E-state index in [1.807, 2.05) is 18.2 Å². The number of rotatable bonds is 6. The van der Waals surface area contributed by atoms with Gasteiger partial charge in [-0.3, -0.25) is 4.79 Å². The lowest BCUT2D eigenvalue weighted by Gasteiger charge is -2.18. The average molecular weight is 439 g/mol. The van der Waals surface area contributed by atoms with Crippen molar-refractivity contribution < 1.29 is 13.2 Å². The third-order valence-electron chi connectivity index (χ3n) is 4.55. The second-order valence-electron chi connectivity index (χ2n) is 6.61. The molecule has 1 amide bonds. The highest BCUT2D eigenvalue weighted by molar-refractivity contribution is 7.91. The zero-order valence-electron chi connectivity index (χ0n) is 15.4. The molecular weight excluding hydrogens is 416 g/mol. The van der Waals surface area contributed by atoms with Gasteiger partial charge in [-0.25, -0.2) is 8.42 Å². The summed E-state index contributed by atoms with van der Waals surface area (Å²) in [6.07, 6.45) is 7.05. The molecule has 150 valence electrons. The van der Waals surface area contributed by atoms with Crippen LogP contribution in [0.15, 0.2) is 46.7 Å². The lowest BCUT2D eigenvalue weighted by atomic mass is 10.2. The van der Waals surface area contributed by atoms with Crippen molar-refractivity contribution in [3.63, 3.8) is 0 Å². The molecular formula is C20H23ClN2O3S2. The van der Waals surface area contributed by atoms with Crippen molar-refractivity contribution in [3.05, 3.63) is 57.9 Å². The minimum atomic E-state index is -3.44. The van der Waals surface area contributed by atoms with Crippen LogP contribution in [0.2, 0.25) is 5.02 Å². The summed E-state index contributed by atoms with van der Waals surface area (Å²) in [5, 5.41) is 3.35. The van der Waals surface area contributed by atoms with E-state index in [1.165, 1.54) is 17.4 Å². The van der Waals surface area contributed by atoms with Gasteiger partial charge in [0.15, 0.2) is 0 Å². The standard InChI is InChI=1S/C20H23ClN2O3S2/c21-18-8-4-3-7-16(18)9-11-19(24)22-15-17-10-12-20(27-17)28(25,26)23-13-5-1-2-6-14-23/h3-4,7-12H,1-2,5-6,13-15H2,(H,22,24). The van der Waals surface area contributed by atoms with E-state index in [1.54, 1.807) is 28.6 Å². The normalized spacial score (nSPS) is 16.2. The number of sulfonamides is 1. The topological polar surface area (TPSA) is 66.5 Å². The first-order valence-corrected chi connectivity index (χ1v) is 11.9. The monoisotopic (exact) mass is 438 g/mol. The number of nitrogens with zero attached hydrogens (tertiary/aromatic N) is 1. The molecule has 0 aliphatic carbocycles. The molecule has 3 rings (SSSR count). The summed E-state index contributed by atoms with van der Waals surface area (Å²) >= 11 is 7.27. The molecule has 2 aromatic rings. The number of carbonyl (C=O) groups is 1. The molecule has 28 heavy (non-hydrogen) atoms. The van der Waals surface area contributed by atoms with Crippen LogP contribution >= 0.6 is 22.9 Å². The minimum absolute atomic E-state index is 0.259. The third-order valence-corrected chi connectivity index (χ3v) is 8.35. The smallest absolute Gasteiger partial charge is 0.252 e. The first kappa shape index (κ1) is 21.0. The fraction of sp³-hybridized carbons (Fsp3) is 0.350. The Bertz CT molecular complexity index is 946. The largest absolute Gasteiger partial charge is 0.348 e. The maximum atomic E-state index is 12.8. The second kappa shape index (κ2) is 9.69. The molecule has 1 aromatic heterocycles. The van der Waals surface area contributed by atoms with Gasteiger partial charge in [0.1, 0.15) is 4.21 Å². The highest BCUT2D eigenvalue weighted by atomic mass is 35.5. The quantitative estimate of drug-likeness (QED) is 0.684. The fourth-order valence-electron chi connectivity index (χ4n) is 3.01. The van der Waals surface area contributed by atoms with E-state index >= 15 is 0 Å². The van der Waals surface area contributed by atoms with E-state index in [0.717, 1.165) is 36.1 Å². The molecule has 0 unspecified atom stereocenters. The zero-order valence-corrected chi connectivity index (χ0v) is 17.8. The van der Waals surface area contributed by atoms with Crippen LogP contribution in [0.5, 0.6) is 0 Å². The molecule has 1 N–H and O–H groups in total. The molecule has 1 aliphatic rings. The molecule has 1 saturated heterocycles. The van der Waals surface area contributed by atoms with E-state index in [9.17, 15) is 13.2 Å². The van der Waals surface area contributed by atoms with Gasteiger partial charge in [0.05, 0.1) is 6.54 Å². The van der Waals surface area contributed by atoms with Gasteiger partial charge in [-0.15, -0.1) is 11.3 Å². The average Bonchev–Trinajstić information content (AvgIpc) is 2.99. The van der Waals surface area contributed by atoms with Crippen molar-refractivity contribution in [2.75, 3.05) is 13.1 Å². The Balaban J connectivity index is 1.58. The van der Waals surface area contributed by atoms with Crippen molar-refractivity contribution in [1.82, 2.24) is 9.62 Å². The van der Waals surface area contributed by atoms with Gasteiger partial charge in [0, 0.05) is 29.1 Å². The van der Waals surface area contributed by atoms with Crippen LogP contribution in [0.4, 0.5) is 0 Å². The molecule has 1 fully saturated rings. The maximum absolute atomic E-state index is 12.8. The van der Waals surface area contributed by atoms with E-state index in [2.05, 4.69) is 5.32 Å². The predicted octanol–water partition coefficient (Wildman–Crippen LogP) is 4.30. The second-order valence-corrected chi connectivity index (χ2v) is 10.4. The number of thiophene rings is 1. The van der Waals surface area contributed by atoms with E-state index in [4.69, 9.17) is 11.6 Å². The van der Waals surface area contributed by atoms with Gasteiger partial charge in [0.25, 0.3) is 10.0 Å². The highest BCUT2D eigenvalue weighted by Gasteiger charge is 2.26. The number of halogens is 1. The molecule has 0 saturated carbocycles. The number of hydrogen-bond acceptors (Lipinski definition) is 4. The SMILES string of the molecule is O=C(C=Cc1ccccc1Cl)NCc1ccc(S(=O)(=O)N2CCCCCC2)s1. The Morgan fingerprint density at radius 2 is 1.82 bits per heavy atom. The van der Waals surface area contributed by atoms with E-state index in [-0.39, 0.29) is 12.5 Å². The summed E-state index contributed by atoms with van der Waals surface area (Å²) in [5.41, 5.74) is 0.765. The number of benzene rings is 1. The van der Waals surface area contributed by atoms with Crippen LogP contribution in [0, 0.1) is 0 Å². The Kier molecular flexibility index (Phi) is 7.29. The van der Waals surface area contributed by atoms with Crippen molar-refractivity contribution in [1.29, 1.82) is 0 Å². The summed E-state index contributed by atoms with van der Waals surface area (Å²) < 4.78 is 27.5. The number of nitrogens with one attached hydrogen (secondary N) is 1. The minimum Gasteiger partial charge on any atom is -0.348 e. The first-order chi connectivity index (χ1) is 13.5. The highest BCUT2D eigenvalue weighted by Crippen LogP contribution is 2.26. The Morgan fingerprint density at radius 1 is 1.11 bits per heavy atom. The summed E-state index contributed by atoms with van der Waals surface area (Å²) in [6.45, 7) is 1.45. The molecule has 2 heterocycles. The summed E-state index contributed by atoms with van der Waals surface area (Å²) in [7, 11) is -3.44. The van der Waals surface area contributed by atoms with Crippen LogP contribution < -0.4 is 5.32 Å². The Morgan fingerprint density at radius 3 is 2.54 bits per heavy atom. The fourth-order valence-corrected chi connectivity index (χ4v) is 6.18. The van der Waals surface area contributed by atoms with Gasteiger partial charge in [0.2, 0.25) is 5.91 Å². The van der Waals surface area contributed by atoms with Crippen LogP contribution in [0.1, 0.15) is 36.1 Å². The van der Waals surface area contributed by atoms with Gasteiger partial charge >= 0.3 is 0 Å². The predicted molar refractivity (Wildman–Crippen MR) is 114 cm³/mol. The van der Waals surface area contributed by atoms with Gasteiger partial charge in [-0.05, 0) is 42.7 Å². The number of carbonyl (C=O) groups excluding carboxylic acids is 1. The van der Waals surface area contributed by atoms with Crippen LogP contribution in [0.3, 0.4) is 0 Å². The molecule has 0 bridgehead atoms. The van der Waals surface area contributed by atoms with Crippen molar-refractivity contribution in [2.45, 2.75) is 36.4 Å². The Hall–Kier alpha value is -1.67. The molecule has 8 heteroatoms. The first-order valence-electron chi connectivity index (χ1n) is 9.26. The summed E-state index contributed by atoms with van der Waals surface area (Å²) in [5.74, 6) is -0.259. The van der Waals surface area contributed by atoms with Gasteiger partial charge < -0.3 is 5.32 Å². The van der Waals surface area contributed by atoms with Crippen LogP contribution in [0.25, 0.3) is 6.08 Å². The van der Waals surface area contributed by atoms with Crippen LogP contribution in [-0.2, 0) is 21.4 Å². The molecule has 1 aromatic carbocycles. The number of amides is 1. The Labute approximate surface area is 175 Å². The lowest BCUT2D eigenvalue weighted by Crippen LogP contribution is -2.31. The van der Waals surface area contributed by atoms with Crippen molar-refractivity contribution in [3.8, 4) is 0 Å². The van der Waals surface area contributed by atoms with E-state index in [0.29, 0.717) is 22.3 Å². The van der Waals surface area contributed by atoms with E-state index < -0.39 is 10.0 Å². The van der Waals surface area contributed by atoms with Gasteiger partial charge in [-0.2, -0.15) is 4.31 Å². The molecule has 0 atom stereocenters. The lowest BCUT2D eigenvalue weighted by molar-refractivity contribution is -0.116. The summed E-state index contributed by atoms with van der Waals surface area (Å²) in [6, 6.07) is 10.6. The van der Waals surface area contributed by atoms with Crippen molar-refractivity contribution >= 4 is 44.9 Å². The summed E-state index contributed by atoms with van der Waals surface area (Å²) in [4.78, 5) is 12.8.